The highest BCUT2D eigenvalue weighted by atomic mass is 16.5. The van der Waals surface area contributed by atoms with Gasteiger partial charge in [0.1, 0.15) is 0 Å². The Labute approximate surface area is 171 Å². The predicted molar refractivity (Wildman–Crippen MR) is 115 cm³/mol. The van der Waals surface area contributed by atoms with E-state index in [9.17, 15) is 0 Å². The summed E-state index contributed by atoms with van der Waals surface area (Å²) in [4.78, 5) is 8.82. The largest absolute Gasteiger partial charge is 0.481 e. The third-order valence-corrected chi connectivity index (χ3v) is 4.45. The lowest BCUT2D eigenvalue weighted by Crippen LogP contribution is -2.37. The molecule has 0 amide bonds. The van der Waals surface area contributed by atoms with Crippen molar-refractivity contribution in [3.63, 3.8) is 0 Å². The fourth-order valence-corrected chi connectivity index (χ4v) is 3.09. The van der Waals surface area contributed by atoms with Crippen molar-refractivity contribution in [3.05, 3.63) is 71.2 Å². The van der Waals surface area contributed by atoms with Gasteiger partial charge in [0.05, 0.1) is 25.0 Å². The van der Waals surface area contributed by atoms with Crippen LogP contribution in [0.25, 0.3) is 5.69 Å². The first-order valence-corrected chi connectivity index (χ1v) is 9.73. The number of pyridine rings is 1. The van der Waals surface area contributed by atoms with Crippen molar-refractivity contribution in [2.45, 2.75) is 33.9 Å². The minimum Gasteiger partial charge on any atom is -0.481 e. The Balaban J connectivity index is 1.75. The Morgan fingerprint density at radius 2 is 1.97 bits per heavy atom. The number of benzene rings is 1. The zero-order valence-corrected chi connectivity index (χ0v) is 17.4. The van der Waals surface area contributed by atoms with Crippen LogP contribution in [0.1, 0.15) is 29.4 Å². The molecule has 0 saturated heterocycles. The maximum atomic E-state index is 5.18. The van der Waals surface area contributed by atoms with Crippen LogP contribution >= 0.6 is 0 Å². The van der Waals surface area contributed by atoms with Gasteiger partial charge in [0.25, 0.3) is 0 Å². The molecule has 3 rings (SSSR count). The first kappa shape index (κ1) is 20.4. The van der Waals surface area contributed by atoms with Crippen molar-refractivity contribution in [1.29, 1.82) is 0 Å². The molecular formula is C22H28N6O. The van der Waals surface area contributed by atoms with Gasteiger partial charge in [0.2, 0.25) is 5.88 Å². The maximum absolute atomic E-state index is 5.18. The topological polar surface area (TPSA) is 76.4 Å². The molecule has 0 aliphatic carbocycles. The molecule has 0 aliphatic rings. The zero-order chi connectivity index (χ0) is 20.6. The molecule has 0 fully saturated rings. The van der Waals surface area contributed by atoms with Gasteiger partial charge in [-0.3, -0.25) is 0 Å². The third kappa shape index (κ3) is 5.34. The van der Waals surface area contributed by atoms with E-state index in [-0.39, 0.29) is 0 Å². The number of aromatic nitrogens is 3. The smallest absolute Gasteiger partial charge is 0.213 e. The Hall–Kier alpha value is -3.35. The van der Waals surface area contributed by atoms with E-state index in [1.165, 1.54) is 0 Å². The summed E-state index contributed by atoms with van der Waals surface area (Å²) < 4.78 is 7.17. The van der Waals surface area contributed by atoms with Gasteiger partial charge >= 0.3 is 0 Å². The standard InChI is InChI=1S/C22H28N6O/c1-5-23-22(25-14-18-10-11-24-21(13-18)29-4)26-15-19-8-6-7-9-20(19)28-17(3)12-16(2)27-28/h6-13H,5,14-15H2,1-4H3,(H2,23,25,26). The Bertz CT molecular complexity index is 979. The number of para-hydroxylation sites is 1. The van der Waals surface area contributed by atoms with Crippen molar-refractivity contribution in [3.8, 4) is 11.6 Å². The lowest BCUT2D eigenvalue weighted by atomic mass is 10.1. The molecule has 3 aromatic rings. The minimum absolute atomic E-state index is 0.535. The second-order valence-electron chi connectivity index (χ2n) is 6.72. The Morgan fingerprint density at radius 3 is 2.69 bits per heavy atom. The molecule has 0 radical (unpaired) electrons. The van der Waals surface area contributed by atoms with Crippen LogP contribution in [0.15, 0.2) is 53.7 Å². The summed E-state index contributed by atoms with van der Waals surface area (Å²) >= 11 is 0. The summed E-state index contributed by atoms with van der Waals surface area (Å²) in [5.41, 5.74) is 5.38. The molecule has 1 aromatic carbocycles. The molecule has 0 saturated carbocycles. The van der Waals surface area contributed by atoms with Gasteiger partial charge in [0, 0.05) is 31.0 Å². The molecular weight excluding hydrogens is 364 g/mol. The van der Waals surface area contributed by atoms with Crippen LogP contribution in [-0.4, -0.2) is 34.4 Å². The van der Waals surface area contributed by atoms with E-state index in [0.29, 0.717) is 19.0 Å². The predicted octanol–water partition coefficient (Wildman–Crippen LogP) is 3.15. The van der Waals surface area contributed by atoms with Crippen molar-refractivity contribution in [2.24, 2.45) is 4.99 Å². The summed E-state index contributed by atoms with van der Waals surface area (Å²) in [7, 11) is 1.61. The second kappa shape index (κ2) is 9.73. The van der Waals surface area contributed by atoms with Crippen LogP contribution in [0.2, 0.25) is 0 Å². The number of hydrogen-bond donors (Lipinski definition) is 2. The summed E-state index contributed by atoms with van der Waals surface area (Å²) in [5.74, 6) is 1.35. The van der Waals surface area contributed by atoms with E-state index in [1.54, 1.807) is 13.3 Å². The highest BCUT2D eigenvalue weighted by molar-refractivity contribution is 5.79. The van der Waals surface area contributed by atoms with Crippen molar-refractivity contribution in [2.75, 3.05) is 13.7 Å². The minimum atomic E-state index is 0.535. The highest BCUT2D eigenvalue weighted by Crippen LogP contribution is 2.17. The Morgan fingerprint density at radius 1 is 1.14 bits per heavy atom. The summed E-state index contributed by atoms with van der Waals surface area (Å²) in [6.07, 6.45) is 1.73. The number of rotatable bonds is 7. The number of nitrogens with one attached hydrogen (secondary N) is 2. The normalized spacial score (nSPS) is 11.4. The molecule has 2 N–H and O–H groups in total. The number of hydrogen-bond acceptors (Lipinski definition) is 4. The van der Waals surface area contributed by atoms with Crippen LogP contribution < -0.4 is 15.4 Å². The zero-order valence-electron chi connectivity index (χ0n) is 17.4. The van der Waals surface area contributed by atoms with Gasteiger partial charge in [-0.25, -0.2) is 14.7 Å². The van der Waals surface area contributed by atoms with Crippen LogP contribution in [0.3, 0.4) is 0 Å². The van der Waals surface area contributed by atoms with Crippen molar-refractivity contribution < 1.29 is 4.74 Å². The van der Waals surface area contributed by atoms with E-state index in [4.69, 9.17) is 4.74 Å². The number of guanidine groups is 1. The number of ether oxygens (including phenoxy) is 1. The first-order chi connectivity index (χ1) is 14.1. The van der Waals surface area contributed by atoms with E-state index >= 15 is 0 Å². The van der Waals surface area contributed by atoms with Gasteiger partial charge in [-0.2, -0.15) is 5.10 Å². The van der Waals surface area contributed by atoms with Crippen molar-refractivity contribution in [1.82, 2.24) is 25.4 Å². The highest BCUT2D eigenvalue weighted by Gasteiger charge is 2.09. The molecule has 29 heavy (non-hydrogen) atoms. The number of aliphatic imine (C=N–C) groups is 1. The molecule has 152 valence electrons. The molecule has 0 atom stereocenters. The third-order valence-electron chi connectivity index (χ3n) is 4.45. The molecule has 2 heterocycles. The van der Waals surface area contributed by atoms with Crippen LogP contribution in [0.5, 0.6) is 5.88 Å². The average Bonchev–Trinajstić information content (AvgIpc) is 3.08. The van der Waals surface area contributed by atoms with Gasteiger partial charge in [0.15, 0.2) is 5.96 Å². The number of methoxy groups -OCH3 is 1. The summed E-state index contributed by atoms with van der Waals surface area (Å²) in [6.45, 7) is 8.08. The second-order valence-corrected chi connectivity index (χ2v) is 6.72. The molecule has 7 heteroatoms. The monoisotopic (exact) mass is 392 g/mol. The van der Waals surface area contributed by atoms with E-state index < -0.39 is 0 Å². The molecule has 0 bridgehead atoms. The molecule has 7 nitrogen and oxygen atoms in total. The molecule has 0 aliphatic heterocycles. The van der Waals surface area contributed by atoms with Crippen LogP contribution in [0, 0.1) is 13.8 Å². The van der Waals surface area contributed by atoms with Gasteiger partial charge in [-0.15, -0.1) is 0 Å². The fraction of sp³-hybridized carbons (Fsp3) is 0.318. The quantitative estimate of drug-likeness (QED) is 0.477. The number of nitrogens with zero attached hydrogens (tertiary/aromatic N) is 4. The summed E-state index contributed by atoms with van der Waals surface area (Å²) in [6, 6.07) is 14.2. The summed E-state index contributed by atoms with van der Waals surface area (Å²) in [5, 5.41) is 11.3. The van der Waals surface area contributed by atoms with E-state index in [0.717, 1.165) is 40.7 Å². The molecule has 2 aromatic heterocycles. The van der Waals surface area contributed by atoms with Crippen molar-refractivity contribution >= 4 is 5.96 Å². The Kier molecular flexibility index (Phi) is 6.84. The van der Waals surface area contributed by atoms with Gasteiger partial charge < -0.3 is 15.4 Å². The lowest BCUT2D eigenvalue weighted by Gasteiger charge is -2.15. The van der Waals surface area contributed by atoms with Gasteiger partial charge in [-0.1, -0.05) is 18.2 Å². The molecule has 0 unspecified atom stereocenters. The van der Waals surface area contributed by atoms with E-state index in [1.807, 2.05) is 35.9 Å². The molecule has 0 spiro atoms. The average molecular weight is 393 g/mol. The van der Waals surface area contributed by atoms with E-state index in [2.05, 4.69) is 57.8 Å². The first-order valence-electron chi connectivity index (χ1n) is 9.73. The van der Waals surface area contributed by atoms with Crippen LogP contribution in [0.4, 0.5) is 0 Å². The SMILES string of the molecule is CCNC(=NCc1ccnc(OC)c1)NCc1ccccc1-n1nc(C)cc1C. The lowest BCUT2D eigenvalue weighted by molar-refractivity contribution is 0.397. The van der Waals surface area contributed by atoms with Crippen LogP contribution in [-0.2, 0) is 13.1 Å². The fourth-order valence-electron chi connectivity index (χ4n) is 3.09. The number of aryl methyl sites for hydroxylation is 2. The van der Waals surface area contributed by atoms with Gasteiger partial charge in [-0.05, 0) is 50.1 Å². The maximum Gasteiger partial charge on any atom is 0.213 e.